The molecule has 3 saturated carbocycles. The second kappa shape index (κ2) is 16.7. The van der Waals surface area contributed by atoms with Crippen molar-refractivity contribution < 1.29 is 29.3 Å². The fourth-order valence-electron chi connectivity index (χ4n) is 12.3. The van der Waals surface area contributed by atoms with E-state index < -0.39 is 29.6 Å². The van der Waals surface area contributed by atoms with E-state index in [4.69, 9.17) is 20.4 Å². The molecule has 2 aromatic heterocycles. The Kier molecular flexibility index (Phi) is 11.4. The van der Waals surface area contributed by atoms with Gasteiger partial charge in [-0.3, -0.25) is 9.59 Å². The van der Waals surface area contributed by atoms with Crippen LogP contribution in [0.3, 0.4) is 0 Å². The number of aromatic hydroxyl groups is 1. The first kappa shape index (κ1) is 42.4. The van der Waals surface area contributed by atoms with Gasteiger partial charge in [0, 0.05) is 61.4 Å². The van der Waals surface area contributed by atoms with E-state index in [2.05, 4.69) is 37.7 Å². The first-order valence-corrected chi connectivity index (χ1v) is 22.8. The number of β-amino-alcohol motifs (C(OH)–C–C–N with tert-alkyl or cyclic N) is 1. The number of nitrogens with two attached hydrogens (primary N) is 1. The van der Waals surface area contributed by atoms with E-state index in [1.807, 2.05) is 39.0 Å². The Morgan fingerprint density at radius 1 is 0.935 bits per heavy atom. The number of para-hydroxylation sites is 1. The number of hydrogen-bond donors (Lipinski definition) is 4. The smallest absolute Gasteiger partial charge is 0.328 e. The molecule has 3 aromatic rings. The summed E-state index contributed by atoms with van der Waals surface area (Å²) in [6.45, 7) is 9.60. The number of nitrogens with zero attached hydrogens (tertiary/aromatic N) is 7. The van der Waals surface area contributed by atoms with Crippen LogP contribution in [0, 0.1) is 29.1 Å². The van der Waals surface area contributed by atoms with Gasteiger partial charge in [0.15, 0.2) is 5.82 Å². The van der Waals surface area contributed by atoms with E-state index >= 15 is 0 Å². The maximum absolute atomic E-state index is 13.8. The number of piperidine rings is 1. The lowest BCUT2D eigenvalue weighted by Crippen LogP contribution is -2.65. The summed E-state index contributed by atoms with van der Waals surface area (Å²) in [5, 5.41) is 32.4. The highest BCUT2D eigenvalue weighted by atomic mass is 16.5. The van der Waals surface area contributed by atoms with Crippen molar-refractivity contribution in [1.29, 1.82) is 0 Å². The lowest BCUT2D eigenvalue weighted by atomic mass is 9.38. The number of aliphatic hydroxyl groups excluding tert-OH is 1. The first-order valence-electron chi connectivity index (χ1n) is 22.8. The number of phenols is 1. The molecule has 6 fully saturated rings. The average Bonchev–Trinajstić information content (AvgIpc) is 3.65. The largest absolute Gasteiger partial charge is 0.507 e. The number of likely N-dealkylation sites (tertiary alicyclic amines) is 2. The minimum Gasteiger partial charge on any atom is -0.507 e. The lowest BCUT2D eigenvalue weighted by molar-refractivity contribution is -0.153. The fourth-order valence-corrected chi connectivity index (χ4v) is 12.3. The molecule has 9 rings (SSSR count). The summed E-state index contributed by atoms with van der Waals surface area (Å²) in [7, 11) is 1.28. The zero-order valence-electron chi connectivity index (χ0n) is 36.6. The van der Waals surface area contributed by atoms with Crippen LogP contribution >= 0.6 is 0 Å². The molecule has 3 aliphatic heterocycles. The standard InChI is InChI=1S/C47H63N9O6/c1-46(2,3)40(43(60)56-26-33(57)19-37(56)44(61)62-4)51-42(59)28-9-11-32(12-10-28)54-16-13-27(14-17-54)31-23-49-45(50-24-31)47-21-29-15-18-55(25-30(22-47)39(29)47)36-20-35(52-53-41(36)48)34-7-5-6-8-38(34)58/h5-8,20,23-24,27-30,32-33,37,39-40,57-58H,9-19,21-22,25-26H2,1-4H3,(H2,48,53)(H,51,59)/t28-,29?,30?,32+,33-,37+,39?,40-,47?/m1/s1. The molecule has 1 aromatic carbocycles. The predicted molar refractivity (Wildman–Crippen MR) is 233 cm³/mol. The van der Waals surface area contributed by atoms with Crippen molar-refractivity contribution in [2.75, 3.05) is 50.5 Å². The summed E-state index contributed by atoms with van der Waals surface area (Å²) < 4.78 is 4.91. The predicted octanol–water partition coefficient (Wildman–Crippen LogP) is 4.43. The van der Waals surface area contributed by atoms with E-state index in [1.54, 1.807) is 12.1 Å². The van der Waals surface area contributed by atoms with Gasteiger partial charge < -0.3 is 40.7 Å². The number of aliphatic hydroxyl groups is 1. The quantitative estimate of drug-likeness (QED) is 0.221. The minimum atomic E-state index is -0.858. The van der Waals surface area contributed by atoms with Gasteiger partial charge in [-0.1, -0.05) is 32.9 Å². The van der Waals surface area contributed by atoms with Gasteiger partial charge in [0.25, 0.3) is 0 Å². The number of amides is 2. The average molecular weight is 850 g/mol. The number of anilines is 2. The van der Waals surface area contributed by atoms with Crippen LogP contribution in [-0.2, 0) is 24.5 Å². The number of carbonyl (C=O) groups is 3. The van der Waals surface area contributed by atoms with Crippen molar-refractivity contribution in [2.24, 2.45) is 29.1 Å². The normalized spacial score (nSPS) is 30.6. The third-order valence-electron chi connectivity index (χ3n) is 15.6. The molecule has 2 amide bonds. The topological polar surface area (TPSA) is 200 Å². The summed E-state index contributed by atoms with van der Waals surface area (Å²) >= 11 is 0. The summed E-state index contributed by atoms with van der Waals surface area (Å²) in [5.74, 6) is 2.59. The summed E-state index contributed by atoms with van der Waals surface area (Å²) in [4.78, 5) is 56.4. The number of nitrogen functional groups attached to an aromatic ring is 1. The van der Waals surface area contributed by atoms with Gasteiger partial charge in [0.05, 0.1) is 24.6 Å². The number of phenolic OH excluding ortho intramolecular Hbond substituents is 1. The van der Waals surface area contributed by atoms with Gasteiger partial charge in [0.2, 0.25) is 11.8 Å². The highest BCUT2D eigenvalue weighted by molar-refractivity contribution is 5.92. The van der Waals surface area contributed by atoms with Crippen LogP contribution in [0.4, 0.5) is 11.5 Å². The third-order valence-corrected chi connectivity index (χ3v) is 15.6. The number of esters is 1. The van der Waals surface area contributed by atoms with Crippen molar-refractivity contribution in [3.05, 3.63) is 54.1 Å². The van der Waals surface area contributed by atoms with E-state index in [0.29, 0.717) is 46.8 Å². The molecule has 0 spiro atoms. The number of hydrogen-bond acceptors (Lipinski definition) is 13. The molecule has 5 N–H and O–H groups in total. The minimum absolute atomic E-state index is 0.0399. The van der Waals surface area contributed by atoms with Gasteiger partial charge >= 0.3 is 5.97 Å². The third kappa shape index (κ3) is 7.77. The van der Waals surface area contributed by atoms with Crippen LogP contribution in [0.1, 0.15) is 102 Å². The Hall–Kier alpha value is -4.89. The van der Waals surface area contributed by atoms with Crippen molar-refractivity contribution >= 4 is 29.3 Å². The number of rotatable bonds is 9. The number of methoxy groups -OCH3 is 1. The van der Waals surface area contributed by atoms with Crippen molar-refractivity contribution in [3.63, 3.8) is 0 Å². The maximum Gasteiger partial charge on any atom is 0.328 e. The molecule has 3 aliphatic carbocycles. The maximum atomic E-state index is 13.8. The first-order chi connectivity index (χ1) is 29.7. The second-order valence-corrected chi connectivity index (χ2v) is 20.2. The zero-order valence-corrected chi connectivity index (χ0v) is 36.6. The van der Waals surface area contributed by atoms with Crippen LogP contribution in [0.25, 0.3) is 11.3 Å². The fraction of sp³-hybridized carbons (Fsp3) is 0.638. The highest BCUT2D eigenvalue weighted by Crippen LogP contribution is 2.69. The van der Waals surface area contributed by atoms with E-state index in [1.165, 1.54) is 17.6 Å². The van der Waals surface area contributed by atoms with Gasteiger partial charge in [-0.25, -0.2) is 14.8 Å². The van der Waals surface area contributed by atoms with E-state index in [9.17, 15) is 24.6 Å². The van der Waals surface area contributed by atoms with Crippen molar-refractivity contribution in [1.82, 2.24) is 35.3 Å². The van der Waals surface area contributed by atoms with Crippen LogP contribution in [0.2, 0.25) is 0 Å². The Morgan fingerprint density at radius 2 is 1.65 bits per heavy atom. The Labute approximate surface area is 364 Å². The number of benzene rings is 1. The Balaban J connectivity index is 0.755. The molecule has 0 bridgehead atoms. The molecule has 6 aliphatic rings. The van der Waals surface area contributed by atoms with Crippen LogP contribution in [0.5, 0.6) is 5.75 Å². The SMILES string of the molecule is COC(=O)[C@@H]1C[C@@H](O)CN1C(=O)[C@@H](NC(=O)[C@H]1CC[C@@H](N2CCC(c3cnc(C45CC6CCN(c7cc(-c8ccccc8O)nnc7N)CC(C4)C65)nc3)CC2)CC1)C(C)(C)C. The van der Waals surface area contributed by atoms with Crippen molar-refractivity contribution in [3.8, 4) is 17.0 Å². The molecule has 4 unspecified atom stereocenters. The summed E-state index contributed by atoms with van der Waals surface area (Å²) in [5.41, 5.74) is 9.27. The highest BCUT2D eigenvalue weighted by Gasteiger charge is 2.67. The monoisotopic (exact) mass is 849 g/mol. The lowest BCUT2D eigenvalue weighted by Gasteiger charge is -2.66. The summed E-state index contributed by atoms with van der Waals surface area (Å²) in [6.07, 6.45) is 12.3. The number of nitrogens with one attached hydrogen (secondary N) is 1. The van der Waals surface area contributed by atoms with E-state index in [-0.39, 0.29) is 41.9 Å². The Bertz CT molecular complexity index is 2150. The molecule has 7 atom stereocenters. The zero-order chi connectivity index (χ0) is 43.5. The molecule has 62 heavy (non-hydrogen) atoms. The molecule has 5 heterocycles. The number of ether oxygens (including phenoxy) is 1. The molecule has 3 saturated heterocycles. The summed E-state index contributed by atoms with van der Waals surface area (Å²) in [6, 6.07) is 7.91. The second-order valence-electron chi connectivity index (χ2n) is 20.2. The molecule has 332 valence electrons. The van der Waals surface area contributed by atoms with Gasteiger partial charge in [-0.2, -0.15) is 0 Å². The molecule has 15 nitrogen and oxygen atoms in total. The number of aromatic nitrogens is 4. The van der Waals surface area contributed by atoms with Crippen LogP contribution in [-0.4, -0.2) is 122 Å². The van der Waals surface area contributed by atoms with Gasteiger partial charge in [0.1, 0.15) is 23.7 Å². The van der Waals surface area contributed by atoms with Crippen LogP contribution in [0.15, 0.2) is 42.7 Å². The Morgan fingerprint density at radius 3 is 2.34 bits per heavy atom. The van der Waals surface area contributed by atoms with Crippen molar-refractivity contribution in [2.45, 2.75) is 121 Å². The number of carbonyl (C=O) groups excluding carboxylic acids is 3. The molecular weight excluding hydrogens is 787 g/mol. The van der Waals surface area contributed by atoms with Crippen LogP contribution < -0.4 is 16.0 Å². The van der Waals surface area contributed by atoms with Gasteiger partial charge in [-0.15, -0.1) is 10.2 Å². The van der Waals surface area contributed by atoms with Gasteiger partial charge in [-0.05, 0) is 124 Å². The molecular formula is C47H63N9O6. The van der Waals surface area contributed by atoms with E-state index in [0.717, 1.165) is 95.5 Å². The molecule has 0 radical (unpaired) electrons. The molecule has 15 heteroatoms.